The summed E-state index contributed by atoms with van der Waals surface area (Å²) >= 11 is 3.41. The Morgan fingerprint density at radius 3 is 2.53 bits per heavy atom. The van der Waals surface area contributed by atoms with E-state index in [0.29, 0.717) is 5.82 Å². The van der Waals surface area contributed by atoms with Crippen molar-refractivity contribution in [3.8, 4) is 11.3 Å². The zero-order chi connectivity index (χ0) is 11.9. The van der Waals surface area contributed by atoms with E-state index in [2.05, 4.69) is 31.1 Å². The molecule has 0 saturated heterocycles. The number of nitrogens with zero attached hydrogens (tertiary/aromatic N) is 3. The van der Waals surface area contributed by atoms with Crippen LogP contribution in [0.25, 0.3) is 11.3 Å². The van der Waals surface area contributed by atoms with Gasteiger partial charge in [0.2, 0.25) is 0 Å². The topological polar surface area (TPSA) is 64.7 Å². The van der Waals surface area contributed by atoms with Crippen molar-refractivity contribution in [1.29, 1.82) is 0 Å². The average Bonchev–Trinajstić information content (AvgIpc) is 3.10. The van der Waals surface area contributed by atoms with Crippen LogP contribution < -0.4 is 5.73 Å². The molecule has 3 rings (SSSR count). The first kappa shape index (κ1) is 10.8. The lowest BCUT2D eigenvalue weighted by Crippen LogP contribution is -2.22. The Hall–Kier alpha value is -1.33. The Morgan fingerprint density at radius 1 is 1.18 bits per heavy atom. The molecule has 1 aromatic carbocycles. The summed E-state index contributed by atoms with van der Waals surface area (Å²) in [6, 6.07) is 7.95. The molecule has 0 spiro atoms. The zero-order valence-corrected chi connectivity index (χ0v) is 10.7. The van der Waals surface area contributed by atoms with Crippen LogP contribution in [0.5, 0.6) is 0 Å². The molecule has 1 fully saturated rings. The van der Waals surface area contributed by atoms with Crippen molar-refractivity contribution in [3.05, 3.63) is 40.8 Å². The van der Waals surface area contributed by atoms with Gasteiger partial charge in [0, 0.05) is 10.0 Å². The van der Waals surface area contributed by atoms with Crippen LogP contribution in [0.15, 0.2) is 34.9 Å². The summed E-state index contributed by atoms with van der Waals surface area (Å²) < 4.78 is 1.04. The van der Waals surface area contributed by atoms with Crippen LogP contribution >= 0.6 is 15.9 Å². The summed E-state index contributed by atoms with van der Waals surface area (Å²) in [7, 11) is 0. The molecule has 1 aliphatic carbocycles. The second-order valence-corrected chi connectivity index (χ2v) is 5.24. The first-order chi connectivity index (χ1) is 8.17. The third kappa shape index (κ3) is 2.08. The van der Waals surface area contributed by atoms with Crippen molar-refractivity contribution in [3.63, 3.8) is 0 Å². The third-order valence-corrected chi connectivity index (χ3v) is 3.46. The van der Waals surface area contributed by atoms with Gasteiger partial charge in [-0.15, -0.1) is 5.10 Å². The maximum Gasteiger partial charge on any atom is 0.171 e. The van der Waals surface area contributed by atoms with Crippen LogP contribution in [0.1, 0.15) is 18.7 Å². The van der Waals surface area contributed by atoms with Crippen LogP contribution in [-0.2, 0) is 5.54 Å². The van der Waals surface area contributed by atoms with Crippen molar-refractivity contribution < 1.29 is 0 Å². The highest BCUT2D eigenvalue weighted by Crippen LogP contribution is 2.40. The number of benzene rings is 1. The molecule has 0 aliphatic heterocycles. The molecule has 5 heteroatoms. The smallest absolute Gasteiger partial charge is 0.171 e. The number of aromatic nitrogens is 3. The van der Waals surface area contributed by atoms with E-state index >= 15 is 0 Å². The van der Waals surface area contributed by atoms with Gasteiger partial charge in [-0.2, -0.15) is 5.10 Å². The van der Waals surface area contributed by atoms with E-state index in [4.69, 9.17) is 5.73 Å². The number of hydrogen-bond acceptors (Lipinski definition) is 4. The highest BCUT2D eigenvalue weighted by atomic mass is 79.9. The third-order valence-electron chi connectivity index (χ3n) is 2.93. The lowest BCUT2D eigenvalue weighted by molar-refractivity contribution is 0.650. The maximum absolute atomic E-state index is 6.07. The van der Waals surface area contributed by atoms with Crippen LogP contribution in [0, 0.1) is 0 Å². The molecule has 4 nitrogen and oxygen atoms in total. The molecule has 86 valence electrons. The van der Waals surface area contributed by atoms with Crippen molar-refractivity contribution in [1.82, 2.24) is 15.2 Å². The largest absolute Gasteiger partial charge is 0.319 e. The first-order valence-corrected chi connectivity index (χ1v) is 6.22. The molecule has 0 bridgehead atoms. The molecule has 1 heterocycles. The fourth-order valence-electron chi connectivity index (χ4n) is 1.63. The number of hydrogen-bond donors (Lipinski definition) is 1. The summed E-state index contributed by atoms with van der Waals surface area (Å²) in [6.45, 7) is 0. The van der Waals surface area contributed by atoms with Crippen LogP contribution in [0.3, 0.4) is 0 Å². The van der Waals surface area contributed by atoms with E-state index in [-0.39, 0.29) is 5.54 Å². The minimum atomic E-state index is -0.335. The number of nitrogens with two attached hydrogens (primary N) is 1. The van der Waals surface area contributed by atoms with Gasteiger partial charge in [0.1, 0.15) is 0 Å². The predicted octanol–water partition coefficient (Wildman–Crippen LogP) is 2.25. The van der Waals surface area contributed by atoms with Crippen molar-refractivity contribution in [2.24, 2.45) is 5.73 Å². The van der Waals surface area contributed by atoms with Crippen molar-refractivity contribution in [2.45, 2.75) is 18.4 Å². The minimum absolute atomic E-state index is 0.335. The van der Waals surface area contributed by atoms with E-state index in [0.717, 1.165) is 28.6 Å². The molecular formula is C12H11BrN4. The fourth-order valence-corrected chi connectivity index (χ4v) is 1.90. The molecule has 2 aromatic rings. The molecule has 0 atom stereocenters. The van der Waals surface area contributed by atoms with E-state index in [9.17, 15) is 0 Å². The average molecular weight is 291 g/mol. The fraction of sp³-hybridized carbons (Fsp3) is 0.250. The Balaban J connectivity index is 2.00. The molecule has 1 aromatic heterocycles. The summed E-state index contributed by atoms with van der Waals surface area (Å²) in [4.78, 5) is 4.49. The molecule has 17 heavy (non-hydrogen) atoms. The Morgan fingerprint density at radius 2 is 1.88 bits per heavy atom. The molecule has 0 radical (unpaired) electrons. The quantitative estimate of drug-likeness (QED) is 0.921. The van der Waals surface area contributed by atoms with Crippen LogP contribution in [0.2, 0.25) is 0 Å². The minimum Gasteiger partial charge on any atom is -0.319 e. The van der Waals surface area contributed by atoms with Crippen molar-refractivity contribution in [2.75, 3.05) is 0 Å². The second kappa shape index (κ2) is 3.85. The van der Waals surface area contributed by atoms with Gasteiger partial charge in [0.15, 0.2) is 5.82 Å². The Kier molecular flexibility index (Phi) is 2.45. The van der Waals surface area contributed by atoms with Crippen molar-refractivity contribution >= 4 is 15.9 Å². The predicted molar refractivity (Wildman–Crippen MR) is 68.1 cm³/mol. The molecule has 2 N–H and O–H groups in total. The zero-order valence-electron chi connectivity index (χ0n) is 9.10. The van der Waals surface area contributed by atoms with Gasteiger partial charge in [-0.3, -0.25) is 0 Å². The van der Waals surface area contributed by atoms with Gasteiger partial charge < -0.3 is 5.73 Å². The summed E-state index contributed by atoms with van der Waals surface area (Å²) in [5.41, 5.74) is 7.57. The van der Waals surface area contributed by atoms with Gasteiger partial charge in [0.05, 0.1) is 17.4 Å². The van der Waals surface area contributed by atoms with E-state index in [1.807, 2.05) is 24.3 Å². The maximum atomic E-state index is 6.07. The normalized spacial score (nSPS) is 16.8. The van der Waals surface area contributed by atoms with Gasteiger partial charge in [-0.1, -0.05) is 28.1 Å². The van der Waals surface area contributed by atoms with E-state index in [1.54, 1.807) is 6.20 Å². The van der Waals surface area contributed by atoms with Crippen LogP contribution in [0.4, 0.5) is 0 Å². The monoisotopic (exact) mass is 290 g/mol. The molecular weight excluding hydrogens is 280 g/mol. The van der Waals surface area contributed by atoms with Gasteiger partial charge in [-0.05, 0) is 25.0 Å². The molecule has 0 amide bonds. The molecule has 1 aliphatic rings. The number of rotatable bonds is 2. The number of halogens is 1. The standard InChI is InChI=1S/C12H11BrN4/c13-9-3-1-8(2-4-9)10-7-15-17-11(16-10)12(14)5-6-12/h1-4,7H,5-6,14H2. The summed E-state index contributed by atoms with van der Waals surface area (Å²) in [5.74, 6) is 0.651. The van der Waals surface area contributed by atoms with Gasteiger partial charge in [0.25, 0.3) is 0 Å². The lowest BCUT2D eigenvalue weighted by atomic mass is 10.1. The highest BCUT2D eigenvalue weighted by Gasteiger charge is 2.43. The van der Waals surface area contributed by atoms with Gasteiger partial charge in [-0.25, -0.2) is 4.98 Å². The Bertz CT molecular complexity index is 549. The Labute approximate surface area is 107 Å². The van der Waals surface area contributed by atoms with E-state index < -0.39 is 0 Å². The molecule has 0 unspecified atom stereocenters. The highest BCUT2D eigenvalue weighted by molar-refractivity contribution is 9.10. The first-order valence-electron chi connectivity index (χ1n) is 5.42. The lowest BCUT2D eigenvalue weighted by Gasteiger charge is -2.07. The van der Waals surface area contributed by atoms with Gasteiger partial charge >= 0.3 is 0 Å². The van der Waals surface area contributed by atoms with Crippen LogP contribution in [-0.4, -0.2) is 15.2 Å². The SMILES string of the molecule is NC1(c2nncc(-c3ccc(Br)cc3)n2)CC1. The second-order valence-electron chi connectivity index (χ2n) is 4.33. The van der Waals surface area contributed by atoms with E-state index in [1.165, 1.54) is 0 Å². The molecule has 1 saturated carbocycles. The summed E-state index contributed by atoms with van der Waals surface area (Å²) in [5, 5.41) is 8.01. The summed E-state index contributed by atoms with van der Waals surface area (Å²) in [6.07, 6.45) is 3.55.